The van der Waals surface area contributed by atoms with Gasteiger partial charge in [0, 0.05) is 11.8 Å². The second kappa shape index (κ2) is 9.02. The number of hydrogen-bond acceptors (Lipinski definition) is 5. The molecule has 0 unspecified atom stereocenters. The van der Waals surface area contributed by atoms with E-state index in [1.54, 1.807) is 18.2 Å². The lowest BCUT2D eigenvalue weighted by molar-refractivity contribution is -0.120. The van der Waals surface area contributed by atoms with Crippen molar-refractivity contribution in [1.29, 1.82) is 0 Å². The molecule has 172 valence electrons. The van der Waals surface area contributed by atoms with E-state index in [9.17, 15) is 9.59 Å². The number of amides is 2. The van der Waals surface area contributed by atoms with Gasteiger partial charge in [-0.3, -0.25) is 14.6 Å². The monoisotopic (exact) mass is 455 g/mol. The Bertz CT molecular complexity index is 1310. The van der Waals surface area contributed by atoms with Gasteiger partial charge in [-0.15, -0.1) is 0 Å². The largest absolute Gasteiger partial charge is 0.486 e. The molecular formula is C27H25N3O4. The molecule has 2 aliphatic rings. The first kappa shape index (κ1) is 21.7. The SMILES string of the molecule is Cc1ccc(C2=Nc3ccccc3N(CC(=O)Nc3ccc4c(c3)OCCO4)C(=O)C2)cc1C. The van der Waals surface area contributed by atoms with E-state index in [-0.39, 0.29) is 24.8 Å². The third-order valence-corrected chi connectivity index (χ3v) is 6.02. The maximum Gasteiger partial charge on any atom is 0.244 e. The number of aliphatic imine (C=N–C) groups is 1. The normalized spacial score (nSPS) is 14.7. The van der Waals surface area contributed by atoms with E-state index in [1.807, 2.05) is 49.4 Å². The van der Waals surface area contributed by atoms with Gasteiger partial charge in [-0.25, -0.2) is 0 Å². The van der Waals surface area contributed by atoms with Crippen molar-refractivity contribution < 1.29 is 19.1 Å². The summed E-state index contributed by atoms with van der Waals surface area (Å²) in [4.78, 5) is 32.6. The molecular weight excluding hydrogens is 430 g/mol. The maximum absolute atomic E-state index is 13.3. The third-order valence-electron chi connectivity index (χ3n) is 6.02. The van der Waals surface area contributed by atoms with Crippen LogP contribution in [-0.2, 0) is 9.59 Å². The minimum absolute atomic E-state index is 0.106. The van der Waals surface area contributed by atoms with Gasteiger partial charge in [-0.1, -0.05) is 24.3 Å². The van der Waals surface area contributed by atoms with Gasteiger partial charge >= 0.3 is 0 Å². The van der Waals surface area contributed by atoms with Crippen LogP contribution in [0.15, 0.2) is 65.7 Å². The van der Waals surface area contributed by atoms with Crippen molar-refractivity contribution in [2.75, 3.05) is 30.0 Å². The first-order valence-corrected chi connectivity index (χ1v) is 11.2. The van der Waals surface area contributed by atoms with Crippen molar-refractivity contribution in [3.05, 3.63) is 77.4 Å². The van der Waals surface area contributed by atoms with E-state index in [0.717, 1.165) is 11.1 Å². The molecule has 7 heteroatoms. The van der Waals surface area contributed by atoms with Crippen molar-refractivity contribution >= 4 is 34.6 Å². The van der Waals surface area contributed by atoms with Gasteiger partial charge in [0.15, 0.2) is 11.5 Å². The van der Waals surface area contributed by atoms with Gasteiger partial charge < -0.3 is 19.7 Å². The lowest BCUT2D eigenvalue weighted by Crippen LogP contribution is -2.38. The molecule has 5 rings (SSSR count). The zero-order chi connectivity index (χ0) is 23.7. The molecule has 0 saturated heterocycles. The topological polar surface area (TPSA) is 80.2 Å². The summed E-state index contributed by atoms with van der Waals surface area (Å²) in [5.41, 5.74) is 5.78. The standard InChI is InChI=1S/C27H25N3O4/c1-17-7-8-19(13-18(17)2)22-15-27(32)30(23-6-4-3-5-21(23)29-22)16-26(31)28-20-9-10-24-25(14-20)34-12-11-33-24/h3-10,13-14H,11-12,15-16H2,1-2H3,(H,28,31). The van der Waals surface area contributed by atoms with E-state index in [0.29, 0.717) is 47.5 Å². The minimum atomic E-state index is -0.311. The molecule has 34 heavy (non-hydrogen) atoms. The summed E-state index contributed by atoms with van der Waals surface area (Å²) in [6.07, 6.45) is 0.106. The Morgan fingerprint density at radius 1 is 0.971 bits per heavy atom. The van der Waals surface area contributed by atoms with Crippen molar-refractivity contribution in [1.82, 2.24) is 0 Å². The number of para-hydroxylation sites is 2. The van der Waals surface area contributed by atoms with Crippen LogP contribution >= 0.6 is 0 Å². The Balaban J connectivity index is 1.38. The van der Waals surface area contributed by atoms with Crippen LogP contribution in [-0.4, -0.2) is 37.3 Å². The molecule has 2 amide bonds. The van der Waals surface area contributed by atoms with Crippen molar-refractivity contribution in [3.63, 3.8) is 0 Å². The molecule has 0 aromatic heterocycles. The van der Waals surface area contributed by atoms with Crippen LogP contribution in [0, 0.1) is 13.8 Å². The first-order valence-electron chi connectivity index (χ1n) is 11.2. The number of aryl methyl sites for hydroxylation is 2. The summed E-state index contributed by atoms with van der Waals surface area (Å²) < 4.78 is 11.1. The second-order valence-electron chi connectivity index (χ2n) is 8.41. The highest BCUT2D eigenvalue weighted by molar-refractivity contribution is 6.19. The van der Waals surface area contributed by atoms with Gasteiger partial charge in [0.05, 0.1) is 23.5 Å². The van der Waals surface area contributed by atoms with Crippen molar-refractivity contribution in [2.45, 2.75) is 20.3 Å². The zero-order valence-corrected chi connectivity index (χ0v) is 19.1. The number of benzene rings is 3. The van der Waals surface area contributed by atoms with Crippen LogP contribution in [0.25, 0.3) is 0 Å². The van der Waals surface area contributed by atoms with Crippen LogP contribution < -0.4 is 19.7 Å². The fourth-order valence-electron chi connectivity index (χ4n) is 4.07. The summed E-state index contributed by atoms with van der Waals surface area (Å²) in [7, 11) is 0. The lowest BCUT2D eigenvalue weighted by atomic mass is 10.0. The maximum atomic E-state index is 13.3. The Morgan fingerprint density at radius 2 is 1.76 bits per heavy atom. The van der Waals surface area contributed by atoms with Crippen molar-refractivity contribution in [3.8, 4) is 11.5 Å². The molecule has 0 aliphatic carbocycles. The summed E-state index contributed by atoms with van der Waals surface area (Å²) in [6.45, 7) is 4.94. The lowest BCUT2D eigenvalue weighted by Gasteiger charge is -2.22. The van der Waals surface area contributed by atoms with Crippen LogP contribution in [0.4, 0.5) is 17.1 Å². The molecule has 0 bridgehead atoms. The number of carbonyl (C=O) groups is 2. The Hall–Kier alpha value is -4.13. The summed E-state index contributed by atoms with van der Waals surface area (Å²) in [5, 5.41) is 2.86. The molecule has 0 atom stereocenters. The van der Waals surface area contributed by atoms with E-state index in [1.165, 1.54) is 10.5 Å². The number of nitrogens with zero attached hydrogens (tertiary/aromatic N) is 2. The average molecular weight is 456 g/mol. The van der Waals surface area contributed by atoms with Gasteiger partial charge in [0.25, 0.3) is 0 Å². The fraction of sp³-hybridized carbons (Fsp3) is 0.222. The van der Waals surface area contributed by atoms with Gasteiger partial charge in [0.1, 0.15) is 19.8 Å². The zero-order valence-electron chi connectivity index (χ0n) is 19.1. The number of anilines is 2. The quantitative estimate of drug-likeness (QED) is 0.625. The summed E-state index contributed by atoms with van der Waals surface area (Å²) in [5.74, 6) is 0.747. The Labute approximate surface area is 198 Å². The van der Waals surface area contributed by atoms with Gasteiger partial charge in [-0.05, 0) is 60.9 Å². The first-order chi connectivity index (χ1) is 16.5. The Kier molecular flexibility index (Phi) is 5.76. The summed E-state index contributed by atoms with van der Waals surface area (Å²) in [6, 6.07) is 18.7. The molecule has 0 radical (unpaired) electrons. The van der Waals surface area contributed by atoms with Crippen molar-refractivity contribution in [2.24, 2.45) is 4.99 Å². The molecule has 1 N–H and O–H groups in total. The molecule has 7 nitrogen and oxygen atoms in total. The van der Waals surface area contributed by atoms with Crippen LogP contribution in [0.1, 0.15) is 23.1 Å². The highest BCUT2D eigenvalue weighted by atomic mass is 16.6. The van der Waals surface area contributed by atoms with Crippen LogP contribution in [0.5, 0.6) is 11.5 Å². The number of hydrogen-bond donors (Lipinski definition) is 1. The molecule has 0 fully saturated rings. The Morgan fingerprint density at radius 3 is 2.59 bits per heavy atom. The van der Waals surface area contributed by atoms with E-state index >= 15 is 0 Å². The predicted octanol–water partition coefficient (Wildman–Crippen LogP) is 4.57. The fourth-order valence-corrected chi connectivity index (χ4v) is 4.07. The predicted molar refractivity (Wildman–Crippen MR) is 132 cm³/mol. The molecule has 3 aromatic rings. The molecule has 0 saturated carbocycles. The number of rotatable bonds is 4. The number of fused-ring (bicyclic) bond motifs is 2. The van der Waals surface area contributed by atoms with Gasteiger partial charge in [-0.2, -0.15) is 0 Å². The molecule has 0 spiro atoms. The molecule has 2 heterocycles. The molecule has 3 aromatic carbocycles. The van der Waals surface area contributed by atoms with Crippen LogP contribution in [0.2, 0.25) is 0 Å². The second-order valence-corrected chi connectivity index (χ2v) is 8.41. The summed E-state index contributed by atoms with van der Waals surface area (Å²) >= 11 is 0. The van der Waals surface area contributed by atoms with Gasteiger partial charge in [0.2, 0.25) is 11.8 Å². The van der Waals surface area contributed by atoms with E-state index in [2.05, 4.69) is 12.2 Å². The average Bonchev–Trinajstić information content (AvgIpc) is 2.97. The highest BCUT2D eigenvalue weighted by Gasteiger charge is 2.27. The number of nitrogens with one attached hydrogen (secondary N) is 1. The number of ether oxygens (including phenoxy) is 2. The third kappa shape index (κ3) is 4.37. The minimum Gasteiger partial charge on any atom is -0.486 e. The smallest absolute Gasteiger partial charge is 0.244 e. The van der Waals surface area contributed by atoms with Crippen LogP contribution in [0.3, 0.4) is 0 Å². The van der Waals surface area contributed by atoms with E-state index < -0.39 is 0 Å². The highest BCUT2D eigenvalue weighted by Crippen LogP contribution is 2.34. The molecule has 2 aliphatic heterocycles. The number of carbonyl (C=O) groups excluding carboxylic acids is 2. The van der Waals surface area contributed by atoms with E-state index in [4.69, 9.17) is 14.5 Å².